The second-order valence-corrected chi connectivity index (χ2v) is 5.91. The third-order valence-corrected chi connectivity index (χ3v) is 3.98. The number of ether oxygens (including phenoxy) is 1. The highest BCUT2D eigenvalue weighted by atomic mass is 16.5. The summed E-state index contributed by atoms with van der Waals surface area (Å²) >= 11 is 0. The maximum atomic E-state index is 11.9. The minimum atomic E-state index is 0.128. The molecule has 21 heavy (non-hydrogen) atoms. The van der Waals surface area contributed by atoms with Crippen LogP contribution in [0.3, 0.4) is 0 Å². The van der Waals surface area contributed by atoms with Gasteiger partial charge in [0.1, 0.15) is 5.75 Å². The molecule has 0 saturated carbocycles. The van der Waals surface area contributed by atoms with Crippen LogP contribution in [0.15, 0.2) is 24.3 Å². The predicted octanol–water partition coefficient (Wildman–Crippen LogP) is 2.27. The van der Waals surface area contributed by atoms with Gasteiger partial charge >= 0.3 is 0 Å². The molecule has 1 aliphatic rings. The third kappa shape index (κ3) is 5.38. The lowest BCUT2D eigenvalue weighted by molar-refractivity contribution is -0.122. The van der Waals surface area contributed by atoms with Gasteiger partial charge in [0.25, 0.3) is 0 Å². The summed E-state index contributed by atoms with van der Waals surface area (Å²) < 4.78 is 5.66. The molecule has 2 atom stereocenters. The highest BCUT2D eigenvalue weighted by Crippen LogP contribution is 2.13. The van der Waals surface area contributed by atoms with E-state index in [-0.39, 0.29) is 11.9 Å². The van der Waals surface area contributed by atoms with Crippen LogP contribution in [-0.4, -0.2) is 31.6 Å². The minimum Gasteiger partial charge on any atom is -0.494 e. The average Bonchev–Trinajstić information content (AvgIpc) is 2.46. The van der Waals surface area contributed by atoms with Crippen LogP contribution >= 0.6 is 0 Å². The molecule has 2 N–H and O–H groups in total. The summed E-state index contributed by atoms with van der Waals surface area (Å²) in [5.74, 6) is 1.56. The highest BCUT2D eigenvalue weighted by Gasteiger charge is 2.22. The Kier molecular flexibility index (Phi) is 6.05. The largest absolute Gasteiger partial charge is 0.494 e. The second kappa shape index (κ2) is 8.03. The van der Waals surface area contributed by atoms with E-state index in [9.17, 15) is 4.79 Å². The van der Waals surface area contributed by atoms with Gasteiger partial charge in [-0.2, -0.15) is 0 Å². The Hall–Kier alpha value is -1.55. The van der Waals surface area contributed by atoms with Crippen molar-refractivity contribution in [2.45, 2.75) is 39.2 Å². The van der Waals surface area contributed by atoms with Gasteiger partial charge in [-0.05, 0) is 49.9 Å². The Bertz CT molecular complexity index is 462. The standard InChI is InChI=1S/C17H26N2O2/c1-13-5-3-6-15(11-13)21-10-4-7-17(20)19-16-12-18-9-8-14(16)2/h3,5-6,11,14,16,18H,4,7-10,12H2,1-2H3,(H,19,20). The summed E-state index contributed by atoms with van der Waals surface area (Å²) in [6.45, 7) is 6.76. The zero-order chi connectivity index (χ0) is 15.1. The molecule has 0 radical (unpaired) electrons. The zero-order valence-corrected chi connectivity index (χ0v) is 13.0. The van der Waals surface area contributed by atoms with Crippen LogP contribution in [0, 0.1) is 12.8 Å². The lowest BCUT2D eigenvalue weighted by Gasteiger charge is -2.30. The molecule has 4 nitrogen and oxygen atoms in total. The van der Waals surface area contributed by atoms with Gasteiger partial charge in [0.05, 0.1) is 6.61 Å². The van der Waals surface area contributed by atoms with Crippen molar-refractivity contribution in [2.24, 2.45) is 5.92 Å². The lowest BCUT2D eigenvalue weighted by atomic mass is 9.95. The first-order chi connectivity index (χ1) is 10.1. The van der Waals surface area contributed by atoms with Crippen molar-refractivity contribution in [3.05, 3.63) is 29.8 Å². The molecule has 1 heterocycles. The van der Waals surface area contributed by atoms with Crippen LogP contribution in [0.4, 0.5) is 0 Å². The van der Waals surface area contributed by atoms with Crippen molar-refractivity contribution in [3.63, 3.8) is 0 Å². The van der Waals surface area contributed by atoms with E-state index in [0.29, 0.717) is 18.9 Å². The smallest absolute Gasteiger partial charge is 0.220 e. The molecule has 0 aliphatic carbocycles. The molecule has 4 heteroatoms. The molecule has 1 saturated heterocycles. The van der Waals surface area contributed by atoms with E-state index in [1.807, 2.05) is 31.2 Å². The van der Waals surface area contributed by atoms with Crippen LogP contribution in [0.1, 0.15) is 31.7 Å². The van der Waals surface area contributed by atoms with E-state index < -0.39 is 0 Å². The van der Waals surface area contributed by atoms with E-state index in [4.69, 9.17) is 4.74 Å². The van der Waals surface area contributed by atoms with Crippen LogP contribution in [-0.2, 0) is 4.79 Å². The summed E-state index contributed by atoms with van der Waals surface area (Å²) in [4.78, 5) is 11.9. The molecule has 0 aromatic heterocycles. The van der Waals surface area contributed by atoms with Gasteiger partial charge in [-0.3, -0.25) is 4.79 Å². The predicted molar refractivity (Wildman–Crippen MR) is 84.5 cm³/mol. The lowest BCUT2D eigenvalue weighted by Crippen LogP contribution is -2.50. The van der Waals surface area contributed by atoms with Crippen molar-refractivity contribution >= 4 is 5.91 Å². The first kappa shape index (κ1) is 15.8. The van der Waals surface area contributed by atoms with Crippen LogP contribution in [0.5, 0.6) is 5.75 Å². The number of aryl methyl sites for hydroxylation is 1. The molecule has 0 spiro atoms. The van der Waals surface area contributed by atoms with Gasteiger partial charge in [-0.1, -0.05) is 19.1 Å². The van der Waals surface area contributed by atoms with Crippen LogP contribution in [0.2, 0.25) is 0 Å². The molecule has 1 amide bonds. The zero-order valence-electron chi connectivity index (χ0n) is 13.0. The number of carbonyl (C=O) groups excluding carboxylic acids is 1. The molecule has 116 valence electrons. The SMILES string of the molecule is Cc1cccc(OCCCC(=O)NC2CNCCC2C)c1. The first-order valence-corrected chi connectivity index (χ1v) is 7.84. The molecule has 1 aromatic rings. The van der Waals surface area contributed by atoms with Crippen molar-refractivity contribution in [1.29, 1.82) is 0 Å². The summed E-state index contributed by atoms with van der Waals surface area (Å²) in [5, 5.41) is 6.44. The van der Waals surface area contributed by atoms with Crippen molar-refractivity contribution in [1.82, 2.24) is 10.6 Å². The molecule has 1 fully saturated rings. The Balaban J connectivity index is 1.63. The number of nitrogens with one attached hydrogen (secondary N) is 2. The monoisotopic (exact) mass is 290 g/mol. The fraction of sp³-hybridized carbons (Fsp3) is 0.588. The van der Waals surface area contributed by atoms with Gasteiger partial charge in [0, 0.05) is 19.0 Å². The normalized spacial score (nSPS) is 21.8. The maximum Gasteiger partial charge on any atom is 0.220 e. The van der Waals surface area contributed by atoms with E-state index >= 15 is 0 Å². The molecule has 0 bridgehead atoms. The molecule has 2 rings (SSSR count). The Morgan fingerprint density at radius 2 is 2.33 bits per heavy atom. The van der Waals surface area contributed by atoms with E-state index in [1.54, 1.807) is 0 Å². The maximum absolute atomic E-state index is 11.9. The molecular formula is C17H26N2O2. The highest BCUT2D eigenvalue weighted by molar-refractivity contribution is 5.76. The summed E-state index contributed by atoms with van der Waals surface area (Å²) in [6, 6.07) is 8.25. The number of piperidine rings is 1. The Morgan fingerprint density at radius 1 is 1.48 bits per heavy atom. The van der Waals surface area contributed by atoms with Crippen molar-refractivity contribution in [2.75, 3.05) is 19.7 Å². The number of hydrogen-bond acceptors (Lipinski definition) is 3. The van der Waals surface area contributed by atoms with Crippen LogP contribution < -0.4 is 15.4 Å². The Morgan fingerprint density at radius 3 is 3.10 bits per heavy atom. The van der Waals surface area contributed by atoms with Crippen LogP contribution in [0.25, 0.3) is 0 Å². The first-order valence-electron chi connectivity index (χ1n) is 7.84. The van der Waals surface area contributed by atoms with Gasteiger partial charge in [-0.25, -0.2) is 0 Å². The molecular weight excluding hydrogens is 264 g/mol. The van der Waals surface area contributed by atoms with Crippen molar-refractivity contribution < 1.29 is 9.53 Å². The number of hydrogen-bond donors (Lipinski definition) is 2. The van der Waals surface area contributed by atoms with Gasteiger partial charge < -0.3 is 15.4 Å². The van der Waals surface area contributed by atoms with E-state index in [2.05, 4.69) is 17.6 Å². The molecule has 1 aliphatic heterocycles. The Labute approximate surface area is 127 Å². The quantitative estimate of drug-likeness (QED) is 0.790. The van der Waals surface area contributed by atoms with Gasteiger partial charge in [0.2, 0.25) is 5.91 Å². The minimum absolute atomic E-state index is 0.128. The van der Waals surface area contributed by atoms with Crippen molar-refractivity contribution in [3.8, 4) is 5.75 Å². The molecule has 2 unspecified atom stereocenters. The van der Waals surface area contributed by atoms with Gasteiger partial charge in [-0.15, -0.1) is 0 Å². The van der Waals surface area contributed by atoms with E-state index in [0.717, 1.165) is 31.7 Å². The van der Waals surface area contributed by atoms with Gasteiger partial charge in [0.15, 0.2) is 0 Å². The molecule has 1 aromatic carbocycles. The summed E-state index contributed by atoms with van der Waals surface area (Å²) in [7, 11) is 0. The number of carbonyl (C=O) groups is 1. The topological polar surface area (TPSA) is 50.4 Å². The third-order valence-electron chi connectivity index (χ3n) is 3.98. The summed E-state index contributed by atoms with van der Waals surface area (Å²) in [5.41, 5.74) is 1.18. The fourth-order valence-corrected chi connectivity index (χ4v) is 2.59. The summed E-state index contributed by atoms with van der Waals surface area (Å²) in [6.07, 6.45) is 2.39. The number of amides is 1. The second-order valence-electron chi connectivity index (χ2n) is 5.91. The average molecular weight is 290 g/mol. The number of benzene rings is 1. The fourth-order valence-electron chi connectivity index (χ4n) is 2.59. The number of rotatable bonds is 6. The van der Waals surface area contributed by atoms with E-state index in [1.165, 1.54) is 5.56 Å².